The van der Waals surface area contributed by atoms with Crippen LogP contribution in [0.4, 0.5) is 0 Å². The molecule has 0 aromatic heterocycles. The van der Waals surface area contributed by atoms with Gasteiger partial charge in [-0.15, -0.1) is 0 Å². The molecular formula is C11H16. The van der Waals surface area contributed by atoms with Crippen LogP contribution in [0.5, 0.6) is 0 Å². The van der Waals surface area contributed by atoms with E-state index in [-0.39, 0.29) is 0 Å². The van der Waals surface area contributed by atoms with Crippen molar-refractivity contribution in [1.82, 2.24) is 0 Å². The molecule has 0 heteroatoms. The summed E-state index contributed by atoms with van der Waals surface area (Å²) in [5, 5.41) is 0. The van der Waals surface area contributed by atoms with Crippen LogP contribution in [-0.2, 0) is 0 Å². The summed E-state index contributed by atoms with van der Waals surface area (Å²) in [4.78, 5) is 0. The molecule has 0 aromatic carbocycles. The van der Waals surface area contributed by atoms with Gasteiger partial charge in [0.2, 0.25) is 0 Å². The van der Waals surface area contributed by atoms with Gasteiger partial charge in [-0.2, -0.15) is 0 Å². The second kappa shape index (κ2) is 4.95. The molecule has 1 aliphatic carbocycles. The zero-order valence-corrected chi connectivity index (χ0v) is 7.22. The molecule has 60 valence electrons. The molecule has 0 saturated carbocycles. The maximum Gasteiger partial charge on any atom is -0.0133 e. The number of hydrogen-bond donors (Lipinski definition) is 0. The van der Waals surface area contributed by atoms with Gasteiger partial charge in [0.15, 0.2) is 0 Å². The lowest BCUT2D eigenvalue weighted by atomic mass is 10.1. The minimum Gasteiger partial charge on any atom is -0.0805 e. The van der Waals surface area contributed by atoms with E-state index < -0.39 is 0 Å². The third kappa shape index (κ3) is 3.22. The Balaban J connectivity index is 2.38. The standard InChI is InChI=1S/C11H16/c1-2-3-8-11-9-6-4-5-7-10-11/h4-7,9H,2-3,8,10H2,1H3. The average molecular weight is 148 g/mol. The topological polar surface area (TPSA) is 0 Å². The summed E-state index contributed by atoms with van der Waals surface area (Å²) in [6, 6.07) is 0. The van der Waals surface area contributed by atoms with Crippen LogP contribution in [0.3, 0.4) is 0 Å². The first-order valence-corrected chi connectivity index (χ1v) is 4.44. The highest BCUT2D eigenvalue weighted by Gasteiger charge is 1.94. The highest BCUT2D eigenvalue weighted by molar-refractivity contribution is 5.23. The van der Waals surface area contributed by atoms with E-state index in [2.05, 4.69) is 37.3 Å². The predicted octanol–water partition coefficient (Wildman–Crippen LogP) is 3.62. The Morgan fingerprint density at radius 2 is 2.18 bits per heavy atom. The first-order chi connectivity index (χ1) is 5.43. The molecule has 1 rings (SSSR count). The lowest BCUT2D eigenvalue weighted by Crippen LogP contribution is -1.80. The minimum atomic E-state index is 1.15. The number of rotatable bonds is 3. The maximum absolute atomic E-state index is 2.25. The van der Waals surface area contributed by atoms with Gasteiger partial charge in [0.25, 0.3) is 0 Å². The molecule has 1 aliphatic rings. The number of allylic oxidation sites excluding steroid dienone is 6. The molecule has 0 radical (unpaired) electrons. The Labute approximate surface area is 69.3 Å². The van der Waals surface area contributed by atoms with Crippen molar-refractivity contribution in [2.75, 3.05) is 0 Å². The normalized spacial score (nSPS) is 16.3. The smallest absolute Gasteiger partial charge is 0.0133 e. The molecule has 0 bridgehead atoms. The van der Waals surface area contributed by atoms with Gasteiger partial charge in [0.05, 0.1) is 0 Å². The molecule has 0 unspecified atom stereocenters. The first-order valence-electron chi connectivity index (χ1n) is 4.44. The van der Waals surface area contributed by atoms with Crippen molar-refractivity contribution in [3.63, 3.8) is 0 Å². The summed E-state index contributed by atoms with van der Waals surface area (Å²) in [5.41, 5.74) is 1.57. The van der Waals surface area contributed by atoms with E-state index >= 15 is 0 Å². The van der Waals surface area contributed by atoms with E-state index in [9.17, 15) is 0 Å². The average Bonchev–Trinajstić information content (AvgIpc) is 2.28. The SMILES string of the molecule is CCCCC1=CC=CC=CC1. The Morgan fingerprint density at radius 3 is 3.00 bits per heavy atom. The van der Waals surface area contributed by atoms with Crippen LogP contribution in [0.2, 0.25) is 0 Å². The van der Waals surface area contributed by atoms with Crippen molar-refractivity contribution in [2.24, 2.45) is 0 Å². The second-order valence-corrected chi connectivity index (χ2v) is 2.95. The van der Waals surface area contributed by atoms with Crippen LogP contribution in [-0.4, -0.2) is 0 Å². The van der Waals surface area contributed by atoms with E-state index in [4.69, 9.17) is 0 Å². The van der Waals surface area contributed by atoms with Crippen molar-refractivity contribution >= 4 is 0 Å². The lowest BCUT2D eigenvalue weighted by Gasteiger charge is -2.00. The van der Waals surface area contributed by atoms with E-state index in [1.165, 1.54) is 19.3 Å². The molecule has 0 N–H and O–H groups in total. The van der Waals surface area contributed by atoms with Crippen molar-refractivity contribution < 1.29 is 0 Å². The Hall–Kier alpha value is -0.780. The zero-order valence-electron chi connectivity index (χ0n) is 7.22. The van der Waals surface area contributed by atoms with Crippen LogP contribution < -0.4 is 0 Å². The van der Waals surface area contributed by atoms with Crippen LogP contribution >= 0.6 is 0 Å². The summed E-state index contributed by atoms with van der Waals surface area (Å²) < 4.78 is 0. The van der Waals surface area contributed by atoms with Gasteiger partial charge in [-0.3, -0.25) is 0 Å². The molecule has 0 atom stereocenters. The largest absolute Gasteiger partial charge is 0.0805 e. The quantitative estimate of drug-likeness (QED) is 0.573. The van der Waals surface area contributed by atoms with Crippen molar-refractivity contribution in [1.29, 1.82) is 0 Å². The minimum absolute atomic E-state index is 1.15. The van der Waals surface area contributed by atoms with Gasteiger partial charge in [-0.1, -0.05) is 49.3 Å². The van der Waals surface area contributed by atoms with Crippen LogP contribution in [0.15, 0.2) is 36.0 Å². The highest BCUT2D eigenvalue weighted by atomic mass is 14.0. The van der Waals surface area contributed by atoms with Gasteiger partial charge in [-0.25, -0.2) is 0 Å². The summed E-state index contributed by atoms with van der Waals surface area (Å²) in [6.07, 6.45) is 15.9. The third-order valence-electron chi connectivity index (χ3n) is 1.92. The van der Waals surface area contributed by atoms with Gasteiger partial charge in [-0.05, 0) is 19.3 Å². The zero-order chi connectivity index (χ0) is 7.94. The molecule has 0 nitrogen and oxygen atoms in total. The fourth-order valence-electron chi connectivity index (χ4n) is 1.21. The molecule has 0 heterocycles. The van der Waals surface area contributed by atoms with E-state index in [0.29, 0.717) is 0 Å². The molecule has 0 aliphatic heterocycles. The van der Waals surface area contributed by atoms with Crippen LogP contribution in [0.1, 0.15) is 32.6 Å². The highest BCUT2D eigenvalue weighted by Crippen LogP contribution is 2.13. The van der Waals surface area contributed by atoms with Gasteiger partial charge < -0.3 is 0 Å². The maximum atomic E-state index is 2.25. The summed E-state index contributed by atoms with van der Waals surface area (Å²) in [5.74, 6) is 0. The molecule has 0 aromatic rings. The molecule has 11 heavy (non-hydrogen) atoms. The first kappa shape index (κ1) is 8.32. The van der Waals surface area contributed by atoms with Crippen molar-refractivity contribution in [3.05, 3.63) is 36.0 Å². The third-order valence-corrected chi connectivity index (χ3v) is 1.92. The monoisotopic (exact) mass is 148 g/mol. The van der Waals surface area contributed by atoms with Crippen LogP contribution in [0.25, 0.3) is 0 Å². The number of hydrogen-bond acceptors (Lipinski definition) is 0. The molecular weight excluding hydrogens is 132 g/mol. The van der Waals surface area contributed by atoms with Gasteiger partial charge >= 0.3 is 0 Å². The Morgan fingerprint density at radius 1 is 1.27 bits per heavy atom. The second-order valence-electron chi connectivity index (χ2n) is 2.95. The predicted molar refractivity (Wildman–Crippen MR) is 50.5 cm³/mol. The molecule has 0 saturated heterocycles. The van der Waals surface area contributed by atoms with Crippen LogP contribution in [0, 0.1) is 0 Å². The van der Waals surface area contributed by atoms with Gasteiger partial charge in [0, 0.05) is 0 Å². The fraction of sp³-hybridized carbons (Fsp3) is 0.455. The van der Waals surface area contributed by atoms with E-state index in [0.717, 1.165) is 6.42 Å². The fourth-order valence-corrected chi connectivity index (χ4v) is 1.21. The van der Waals surface area contributed by atoms with E-state index in [1.54, 1.807) is 5.57 Å². The molecule has 0 fully saturated rings. The molecule has 0 amide bonds. The summed E-state index contributed by atoms with van der Waals surface area (Å²) >= 11 is 0. The Kier molecular flexibility index (Phi) is 3.74. The Bertz CT molecular complexity index is 182. The lowest BCUT2D eigenvalue weighted by molar-refractivity contribution is 0.776. The molecule has 0 spiro atoms. The summed E-state index contributed by atoms with van der Waals surface area (Å²) in [7, 11) is 0. The van der Waals surface area contributed by atoms with E-state index in [1.807, 2.05) is 0 Å². The summed E-state index contributed by atoms with van der Waals surface area (Å²) in [6.45, 7) is 2.24. The number of unbranched alkanes of at least 4 members (excludes halogenated alkanes) is 1. The van der Waals surface area contributed by atoms with Crippen molar-refractivity contribution in [3.8, 4) is 0 Å². The van der Waals surface area contributed by atoms with Crippen molar-refractivity contribution in [2.45, 2.75) is 32.6 Å². The van der Waals surface area contributed by atoms with Gasteiger partial charge in [0.1, 0.15) is 0 Å².